The first kappa shape index (κ1) is 19.7. The molecule has 0 atom stereocenters. The molecule has 0 aliphatic rings. The van der Waals surface area contributed by atoms with Crippen molar-refractivity contribution in [3.05, 3.63) is 65.1 Å². The largest absolute Gasteiger partial charge is 0.278 e. The summed E-state index contributed by atoms with van der Waals surface area (Å²) in [6.45, 7) is 7.31. The summed E-state index contributed by atoms with van der Waals surface area (Å²) in [5.74, 6) is 0. The lowest BCUT2D eigenvalue weighted by Crippen LogP contribution is -1.94. The third-order valence-corrected chi connectivity index (χ3v) is 8.06. The smallest absolute Gasteiger partial charge is 0.252 e. The van der Waals surface area contributed by atoms with Crippen LogP contribution in [0.15, 0.2) is 35.5 Å². The molecule has 0 N–H and O–H groups in total. The van der Waals surface area contributed by atoms with Crippen LogP contribution in [-0.4, -0.2) is 9.97 Å². The van der Waals surface area contributed by atoms with Gasteiger partial charge in [-0.15, -0.1) is 45.3 Å². The van der Waals surface area contributed by atoms with Crippen LogP contribution in [0.5, 0.6) is 0 Å². The molecule has 0 bridgehead atoms. The Labute approximate surface area is 186 Å². The zero-order valence-electron chi connectivity index (χ0n) is 14.8. The molecular weight excluding hydrogens is 453 g/mol. The molecule has 4 heterocycles. The monoisotopic (exact) mass is 458 g/mol. The van der Waals surface area contributed by atoms with Gasteiger partial charge in [-0.1, -0.05) is 0 Å². The molecule has 0 unspecified atom stereocenters. The highest BCUT2D eigenvalue weighted by Gasteiger charge is 2.13. The van der Waals surface area contributed by atoms with E-state index in [0.717, 1.165) is 29.9 Å². The van der Waals surface area contributed by atoms with E-state index in [1.807, 2.05) is 30.3 Å². The maximum Gasteiger partial charge on any atom is 0.278 e. The van der Waals surface area contributed by atoms with Gasteiger partial charge in [0.25, 0.3) is 5.70 Å². The Balaban J connectivity index is 2.30. The van der Waals surface area contributed by atoms with Crippen LogP contribution in [0.3, 0.4) is 0 Å². The molecular formula is C20H6N6S4. The van der Waals surface area contributed by atoms with Crippen molar-refractivity contribution in [3.8, 4) is 39.1 Å². The Morgan fingerprint density at radius 1 is 0.833 bits per heavy atom. The summed E-state index contributed by atoms with van der Waals surface area (Å²) < 4.78 is 2.86. The van der Waals surface area contributed by atoms with Crippen LogP contribution in [0.1, 0.15) is 0 Å². The number of nitriles is 3. The van der Waals surface area contributed by atoms with Gasteiger partial charge in [0.2, 0.25) is 0 Å². The molecule has 10 heteroatoms. The molecule has 6 nitrogen and oxygen atoms in total. The van der Waals surface area contributed by atoms with Gasteiger partial charge < -0.3 is 0 Å². The minimum absolute atomic E-state index is 0.0226. The van der Waals surface area contributed by atoms with E-state index in [0.29, 0.717) is 9.06 Å². The van der Waals surface area contributed by atoms with Crippen LogP contribution < -0.4 is 9.06 Å². The van der Waals surface area contributed by atoms with Crippen molar-refractivity contribution in [2.45, 2.75) is 0 Å². The first-order chi connectivity index (χ1) is 14.7. The van der Waals surface area contributed by atoms with Gasteiger partial charge in [-0.05, 0) is 12.1 Å². The molecule has 0 saturated carbocycles. The van der Waals surface area contributed by atoms with Gasteiger partial charge in [0.05, 0.1) is 47.0 Å². The van der Waals surface area contributed by atoms with Crippen LogP contribution in [0.2, 0.25) is 0 Å². The molecule has 0 aliphatic heterocycles. The average Bonchev–Trinajstić information content (AvgIpc) is 3.55. The second kappa shape index (κ2) is 8.39. The van der Waals surface area contributed by atoms with Gasteiger partial charge in [0.1, 0.15) is 17.7 Å². The lowest BCUT2D eigenvalue weighted by Gasteiger charge is -1.93. The maximum absolute atomic E-state index is 9.34. The Hall–Kier alpha value is -3.64. The molecule has 0 aliphatic carbocycles. The zero-order valence-corrected chi connectivity index (χ0v) is 18.0. The molecule has 30 heavy (non-hydrogen) atoms. The minimum atomic E-state index is 0.0226. The molecule has 140 valence electrons. The van der Waals surface area contributed by atoms with Crippen LogP contribution in [0.25, 0.3) is 37.0 Å². The van der Waals surface area contributed by atoms with Gasteiger partial charge in [0, 0.05) is 28.1 Å². The van der Waals surface area contributed by atoms with Gasteiger partial charge in [0.15, 0.2) is 0 Å². The van der Waals surface area contributed by atoms with E-state index in [1.165, 1.54) is 45.3 Å². The Morgan fingerprint density at radius 3 is 1.80 bits per heavy atom. The summed E-state index contributed by atoms with van der Waals surface area (Å²) >= 11 is 5.61. The third-order valence-electron chi connectivity index (χ3n) is 3.99. The minimum Gasteiger partial charge on any atom is -0.252 e. The average molecular weight is 459 g/mol. The number of nitrogens with zero attached hydrogens (tertiary/aromatic N) is 6. The molecule has 4 aromatic heterocycles. The molecule has 4 rings (SSSR count). The van der Waals surface area contributed by atoms with E-state index in [9.17, 15) is 15.8 Å². The van der Waals surface area contributed by atoms with Crippen LogP contribution in [0.4, 0.5) is 0 Å². The Morgan fingerprint density at radius 2 is 1.37 bits per heavy atom. The molecule has 0 amide bonds. The van der Waals surface area contributed by atoms with E-state index >= 15 is 0 Å². The molecule has 0 radical (unpaired) electrons. The molecule has 0 spiro atoms. The summed E-state index contributed by atoms with van der Waals surface area (Å²) in [6, 6.07) is 9.52. The summed E-state index contributed by atoms with van der Waals surface area (Å²) in [6.07, 6.45) is 3.48. The fourth-order valence-corrected chi connectivity index (χ4v) is 6.50. The number of thiophene rings is 2. The van der Waals surface area contributed by atoms with Crippen LogP contribution >= 0.6 is 45.3 Å². The summed E-state index contributed by atoms with van der Waals surface area (Å²) in [5.41, 5.74) is 5.24. The predicted octanol–water partition coefficient (Wildman–Crippen LogP) is 4.09. The van der Waals surface area contributed by atoms with Crippen LogP contribution in [0, 0.1) is 49.6 Å². The van der Waals surface area contributed by atoms with E-state index < -0.39 is 0 Å². The zero-order chi connectivity index (χ0) is 21.1. The van der Waals surface area contributed by atoms with E-state index in [2.05, 4.69) is 14.8 Å². The fraction of sp³-hybridized carbons (Fsp3) is 0. The number of aromatic nitrogens is 2. The molecule has 0 aromatic carbocycles. The molecule has 0 saturated heterocycles. The van der Waals surface area contributed by atoms with Crippen molar-refractivity contribution < 1.29 is 0 Å². The van der Waals surface area contributed by atoms with Crippen molar-refractivity contribution in [1.29, 1.82) is 15.8 Å². The Bertz CT molecular complexity index is 1470. The van der Waals surface area contributed by atoms with Crippen molar-refractivity contribution in [1.82, 2.24) is 9.97 Å². The number of thiazole rings is 2. The lowest BCUT2D eigenvalue weighted by molar-refractivity contribution is 1.42. The fourth-order valence-electron chi connectivity index (χ4n) is 2.69. The van der Waals surface area contributed by atoms with E-state index in [-0.39, 0.29) is 11.3 Å². The van der Waals surface area contributed by atoms with Gasteiger partial charge in [-0.2, -0.15) is 10.5 Å². The van der Waals surface area contributed by atoms with Gasteiger partial charge >= 0.3 is 0 Å². The number of hydrogen-bond acceptors (Lipinski definition) is 9. The topological polar surface area (TPSA) is 102 Å². The first-order valence-electron chi connectivity index (χ1n) is 8.08. The highest BCUT2D eigenvalue weighted by atomic mass is 32.1. The third kappa shape index (κ3) is 3.42. The standard InChI is InChI=1S/C20H6N6S4/c1-24-14(6-23)16-3-13(18-8-26-10-28-18)20(30-16)19-12(17-7-25-9-27-17)2-15(29-19)11(4-21)5-22/h2-3,7-10H/b16-14+,20-19+. The lowest BCUT2D eigenvalue weighted by atomic mass is 10.2. The maximum atomic E-state index is 9.34. The highest BCUT2D eigenvalue weighted by molar-refractivity contribution is 7.15. The van der Waals surface area contributed by atoms with E-state index in [4.69, 9.17) is 6.57 Å². The molecule has 4 aromatic rings. The van der Waals surface area contributed by atoms with E-state index in [1.54, 1.807) is 23.4 Å². The predicted molar refractivity (Wildman–Crippen MR) is 118 cm³/mol. The van der Waals surface area contributed by atoms with Crippen LogP contribution in [-0.2, 0) is 0 Å². The quantitative estimate of drug-likeness (QED) is 0.421. The SMILES string of the molecule is [C-]#[N+]/C(C#N)=c1\cc(-c2cncs2)/c(=c2\sc(=C(C#N)C#N)cc2-c2cncs2)s1. The highest BCUT2D eigenvalue weighted by Crippen LogP contribution is 2.31. The normalized spacial score (nSPS) is 12.3. The number of hydrogen-bond donors (Lipinski definition) is 0. The van der Waals surface area contributed by atoms with Crippen molar-refractivity contribution >= 4 is 56.6 Å². The van der Waals surface area contributed by atoms with Crippen molar-refractivity contribution in [3.63, 3.8) is 0 Å². The summed E-state index contributed by atoms with van der Waals surface area (Å²) in [7, 11) is 0. The Kier molecular flexibility index (Phi) is 5.50. The summed E-state index contributed by atoms with van der Waals surface area (Å²) in [4.78, 5) is 13.5. The van der Waals surface area contributed by atoms with Gasteiger partial charge in [-0.25, -0.2) is 10.1 Å². The first-order valence-corrected chi connectivity index (χ1v) is 11.5. The van der Waals surface area contributed by atoms with Crippen molar-refractivity contribution in [2.75, 3.05) is 0 Å². The molecule has 0 fully saturated rings. The van der Waals surface area contributed by atoms with Gasteiger partial charge in [-0.3, -0.25) is 9.97 Å². The number of rotatable bonds is 2. The second-order valence-corrected chi connectivity index (χ2v) is 9.49. The summed E-state index contributed by atoms with van der Waals surface area (Å²) in [5, 5.41) is 28.0. The van der Waals surface area contributed by atoms with Crippen molar-refractivity contribution in [2.24, 2.45) is 0 Å². The second-order valence-electron chi connectivity index (χ2n) is 5.61.